The molecule has 0 spiro atoms. The average molecular weight is 488 g/mol. The molecule has 2 aromatic rings. The smallest absolute Gasteiger partial charge is 0.371 e. The molecule has 2 atom stereocenters. The van der Waals surface area contributed by atoms with E-state index in [0.717, 1.165) is 43.5 Å². The molecule has 2 unspecified atom stereocenters. The van der Waals surface area contributed by atoms with E-state index in [2.05, 4.69) is 15.4 Å². The molecular formula is C24H25F4N7. The van der Waals surface area contributed by atoms with Gasteiger partial charge < -0.3 is 4.90 Å². The Morgan fingerprint density at radius 2 is 1.74 bits per heavy atom. The van der Waals surface area contributed by atoms with Crippen LogP contribution in [0.5, 0.6) is 0 Å². The van der Waals surface area contributed by atoms with Gasteiger partial charge in [-0.15, -0.1) is 0 Å². The number of benzene rings is 1. The van der Waals surface area contributed by atoms with Crippen molar-refractivity contribution in [1.29, 1.82) is 0 Å². The molecule has 11 heteroatoms. The predicted octanol–water partition coefficient (Wildman–Crippen LogP) is 3.90. The van der Waals surface area contributed by atoms with Gasteiger partial charge in [0.05, 0.1) is 11.7 Å². The number of rotatable bonds is 3. The number of hydrogen-bond acceptors (Lipinski definition) is 5. The van der Waals surface area contributed by atoms with E-state index in [4.69, 9.17) is 4.99 Å². The molecule has 3 aliphatic heterocycles. The van der Waals surface area contributed by atoms with E-state index in [9.17, 15) is 17.6 Å². The summed E-state index contributed by atoms with van der Waals surface area (Å²) < 4.78 is 53.1. The number of nitrogens with one attached hydrogen (secondary N) is 1. The number of pyridine rings is 1. The first kappa shape index (κ1) is 22.1. The number of piperidine rings is 1. The Morgan fingerprint density at radius 1 is 1.00 bits per heavy atom. The molecule has 4 aliphatic rings. The molecule has 0 amide bonds. The lowest BCUT2D eigenvalue weighted by molar-refractivity contribution is -0.141. The molecule has 7 nitrogen and oxygen atoms in total. The van der Waals surface area contributed by atoms with Crippen LogP contribution in [0.2, 0.25) is 0 Å². The van der Waals surface area contributed by atoms with E-state index in [-0.39, 0.29) is 23.7 Å². The van der Waals surface area contributed by atoms with Crippen LogP contribution in [0.3, 0.4) is 0 Å². The van der Waals surface area contributed by atoms with Crippen molar-refractivity contribution in [2.45, 2.75) is 31.5 Å². The Labute approximate surface area is 200 Å². The number of alkyl halides is 3. The van der Waals surface area contributed by atoms with Gasteiger partial charge in [0.25, 0.3) is 0 Å². The van der Waals surface area contributed by atoms with Gasteiger partial charge in [-0.2, -0.15) is 13.2 Å². The van der Waals surface area contributed by atoms with E-state index < -0.39 is 11.9 Å². The summed E-state index contributed by atoms with van der Waals surface area (Å²) in [7, 11) is 0. The third-order valence-corrected chi connectivity index (χ3v) is 7.22. The van der Waals surface area contributed by atoms with Crippen LogP contribution in [0.25, 0.3) is 0 Å². The highest BCUT2D eigenvalue weighted by atomic mass is 19.4. The fourth-order valence-electron chi connectivity index (χ4n) is 5.60. The van der Waals surface area contributed by atoms with E-state index >= 15 is 0 Å². The Hall–Kier alpha value is -3.37. The number of anilines is 2. The van der Waals surface area contributed by atoms with Crippen molar-refractivity contribution >= 4 is 23.3 Å². The maximum Gasteiger partial charge on any atom is 0.433 e. The maximum absolute atomic E-state index is 13.6. The topological polar surface area (TPSA) is 59.4 Å². The standard InChI is InChI=1S/C24H25F4N7/c25-17-4-6-18(7-5-17)35-22(32-34-11-1-9-30-23(34)35)31-21-15-2-3-16(21)14-33(13-15)19-8-10-29-20(12-19)24(26,27)28/h4-8,10,12,15-16,21H,1-3,9,11,13-14H2,(H,31,32). The zero-order valence-electron chi connectivity index (χ0n) is 18.9. The normalized spacial score (nSPS) is 27.2. The Bertz CT molecular complexity index is 1150. The van der Waals surface area contributed by atoms with E-state index in [0.29, 0.717) is 31.3 Å². The van der Waals surface area contributed by atoms with Crippen molar-refractivity contribution in [2.24, 2.45) is 21.8 Å². The molecule has 4 heterocycles. The highest BCUT2D eigenvalue weighted by Gasteiger charge is 2.44. The molecule has 184 valence electrons. The second-order valence-electron chi connectivity index (χ2n) is 9.45. The molecule has 1 N–H and O–H groups in total. The van der Waals surface area contributed by atoms with Crippen LogP contribution in [-0.2, 0) is 6.18 Å². The summed E-state index contributed by atoms with van der Waals surface area (Å²) in [6.45, 7) is 2.79. The van der Waals surface area contributed by atoms with Gasteiger partial charge in [-0.3, -0.25) is 20.4 Å². The van der Waals surface area contributed by atoms with E-state index in [1.54, 1.807) is 18.2 Å². The molecule has 1 saturated carbocycles. The molecule has 1 aromatic heterocycles. The number of fused-ring (bicyclic) bond motifs is 3. The van der Waals surface area contributed by atoms with Gasteiger partial charge in [0, 0.05) is 38.1 Å². The number of aliphatic imine (C=N–C) groups is 2. The van der Waals surface area contributed by atoms with Gasteiger partial charge in [-0.05, 0) is 67.5 Å². The zero-order valence-corrected chi connectivity index (χ0v) is 18.9. The third-order valence-electron chi connectivity index (χ3n) is 7.22. The fourth-order valence-corrected chi connectivity index (χ4v) is 5.60. The van der Waals surface area contributed by atoms with Gasteiger partial charge in [-0.1, -0.05) is 0 Å². The number of hydrazine groups is 1. The third kappa shape index (κ3) is 4.06. The first-order chi connectivity index (χ1) is 16.9. The molecule has 1 aliphatic carbocycles. The Balaban J connectivity index is 1.27. The van der Waals surface area contributed by atoms with Gasteiger partial charge in [0.15, 0.2) is 0 Å². The summed E-state index contributed by atoms with van der Waals surface area (Å²) >= 11 is 0. The van der Waals surface area contributed by atoms with Crippen LogP contribution in [-0.4, -0.2) is 54.1 Å². The second kappa shape index (κ2) is 8.39. The van der Waals surface area contributed by atoms with Crippen LogP contribution in [0, 0.1) is 17.7 Å². The van der Waals surface area contributed by atoms with Gasteiger partial charge in [0.1, 0.15) is 11.5 Å². The number of nitrogens with zero attached hydrogens (tertiary/aromatic N) is 6. The lowest BCUT2D eigenvalue weighted by Gasteiger charge is -2.38. The first-order valence-electron chi connectivity index (χ1n) is 11.9. The molecule has 6 rings (SSSR count). The molecule has 2 bridgehead atoms. The summed E-state index contributed by atoms with van der Waals surface area (Å²) in [5.41, 5.74) is 3.84. The molecule has 1 aromatic carbocycles. The maximum atomic E-state index is 13.6. The summed E-state index contributed by atoms with van der Waals surface area (Å²) in [5.74, 6) is 1.55. The largest absolute Gasteiger partial charge is 0.433 e. The van der Waals surface area contributed by atoms with Crippen molar-refractivity contribution in [2.75, 3.05) is 36.0 Å². The summed E-state index contributed by atoms with van der Waals surface area (Å²) in [6, 6.07) is 9.10. The molecule has 35 heavy (non-hydrogen) atoms. The summed E-state index contributed by atoms with van der Waals surface area (Å²) in [5, 5.41) is 1.97. The lowest BCUT2D eigenvalue weighted by atomic mass is 9.92. The minimum Gasteiger partial charge on any atom is -0.371 e. The van der Waals surface area contributed by atoms with E-state index in [1.165, 1.54) is 18.3 Å². The predicted molar refractivity (Wildman–Crippen MR) is 125 cm³/mol. The molecular weight excluding hydrogens is 462 g/mol. The molecule has 2 saturated heterocycles. The van der Waals surface area contributed by atoms with Crippen molar-refractivity contribution in [3.8, 4) is 0 Å². The van der Waals surface area contributed by atoms with Crippen molar-refractivity contribution in [3.05, 3.63) is 54.1 Å². The van der Waals surface area contributed by atoms with Gasteiger partial charge >= 0.3 is 6.18 Å². The fraction of sp³-hybridized carbons (Fsp3) is 0.458. The molecule has 3 fully saturated rings. The summed E-state index contributed by atoms with van der Waals surface area (Å²) in [6.07, 6.45) is -0.364. The summed E-state index contributed by atoms with van der Waals surface area (Å²) in [4.78, 5) is 17.3. The van der Waals surface area contributed by atoms with Crippen LogP contribution < -0.4 is 15.2 Å². The Kier molecular flexibility index (Phi) is 5.30. The highest BCUT2D eigenvalue weighted by Crippen LogP contribution is 2.41. The first-order valence-corrected chi connectivity index (χ1v) is 11.9. The lowest BCUT2D eigenvalue weighted by Crippen LogP contribution is -2.46. The number of halogens is 4. The van der Waals surface area contributed by atoms with Crippen LogP contribution >= 0.6 is 0 Å². The second-order valence-corrected chi connectivity index (χ2v) is 9.45. The number of hydrogen-bond donors (Lipinski definition) is 1. The highest BCUT2D eigenvalue weighted by molar-refractivity contribution is 6.21. The van der Waals surface area contributed by atoms with Crippen LogP contribution in [0.15, 0.2) is 52.6 Å². The zero-order chi connectivity index (χ0) is 24.2. The van der Waals surface area contributed by atoms with Crippen LogP contribution in [0.4, 0.5) is 28.9 Å². The van der Waals surface area contributed by atoms with Crippen LogP contribution in [0.1, 0.15) is 25.0 Å². The van der Waals surface area contributed by atoms with E-state index in [1.807, 2.05) is 14.8 Å². The van der Waals surface area contributed by atoms with Crippen molar-refractivity contribution in [1.82, 2.24) is 15.4 Å². The van der Waals surface area contributed by atoms with Crippen molar-refractivity contribution in [3.63, 3.8) is 0 Å². The Morgan fingerprint density at radius 3 is 2.46 bits per heavy atom. The number of aromatic nitrogens is 1. The van der Waals surface area contributed by atoms with Gasteiger partial charge in [-0.25, -0.2) is 14.3 Å². The SMILES string of the molecule is Fc1ccc(N2C(=NC3C4CCC3CN(c3ccnc(C(F)(F)F)c3)C4)NN3CCCN=C32)cc1. The molecule has 0 radical (unpaired) electrons. The monoisotopic (exact) mass is 487 g/mol. The average Bonchev–Trinajstić information content (AvgIpc) is 3.31. The quantitative estimate of drug-likeness (QED) is 0.666. The number of guanidine groups is 2. The van der Waals surface area contributed by atoms with Crippen molar-refractivity contribution < 1.29 is 17.6 Å². The minimum atomic E-state index is -4.47. The van der Waals surface area contributed by atoms with Gasteiger partial charge in [0.2, 0.25) is 11.9 Å². The minimum absolute atomic E-state index is 0.0441.